The summed E-state index contributed by atoms with van der Waals surface area (Å²) in [7, 11) is 0. The molecule has 1 fully saturated rings. The Kier molecular flexibility index (Phi) is 3.26. The maximum absolute atomic E-state index is 10.5. The van der Waals surface area contributed by atoms with E-state index in [0.717, 1.165) is 24.5 Å². The van der Waals surface area contributed by atoms with Gasteiger partial charge < -0.3 is 0 Å². The van der Waals surface area contributed by atoms with Crippen LogP contribution >= 0.6 is 0 Å². The molecule has 1 saturated carbocycles. The van der Waals surface area contributed by atoms with Crippen LogP contribution in [0, 0.1) is 5.92 Å². The zero-order valence-corrected chi connectivity index (χ0v) is 7.76. The molecule has 0 radical (unpaired) electrons. The first-order chi connectivity index (χ1) is 5.68. The van der Waals surface area contributed by atoms with Gasteiger partial charge in [0.2, 0.25) is 5.91 Å². The zero-order chi connectivity index (χ0) is 8.97. The number of carbonyl (C=O) groups is 1. The van der Waals surface area contributed by atoms with E-state index in [1.807, 2.05) is 0 Å². The molecule has 1 unspecified atom stereocenters. The van der Waals surface area contributed by atoms with Crippen LogP contribution in [-0.4, -0.2) is 11.6 Å². The van der Waals surface area contributed by atoms with Crippen LogP contribution in [0.15, 0.2) is 5.10 Å². The van der Waals surface area contributed by atoms with Crippen LogP contribution in [0.25, 0.3) is 0 Å². The van der Waals surface area contributed by atoms with Gasteiger partial charge in [-0.1, -0.05) is 6.92 Å². The molecule has 1 N–H and O–H groups in total. The molecule has 1 atom stereocenters. The third-order valence-electron chi connectivity index (χ3n) is 2.12. The van der Waals surface area contributed by atoms with E-state index in [2.05, 4.69) is 17.5 Å². The van der Waals surface area contributed by atoms with Crippen molar-refractivity contribution >= 4 is 11.6 Å². The normalized spacial score (nSPS) is 27.2. The van der Waals surface area contributed by atoms with Crippen LogP contribution in [0.1, 0.15) is 39.5 Å². The summed E-state index contributed by atoms with van der Waals surface area (Å²) in [6.07, 6.45) is 4.59. The van der Waals surface area contributed by atoms with E-state index in [1.165, 1.54) is 19.8 Å². The van der Waals surface area contributed by atoms with Crippen molar-refractivity contribution in [1.29, 1.82) is 0 Å². The van der Waals surface area contributed by atoms with Crippen LogP contribution in [0.2, 0.25) is 0 Å². The minimum atomic E-state index is -0.0827. The SMILES string of the molecule is CC(=O)N/N=C1\CCCC(C)C1. The second kappa shape index (κ2) is 4.24. The number of rotatable bonds is 1. The lowest BCUT2D eigenvalue weighted by Crippen LogP contribution is -2.19. The van der Waals surface area contributed by atoms with Crippen LogP contribution < -0.4 is 5.43 Å². The van der Waals surface area contributed by atoms with Gasteiger partial charge in [0.1, 0.15) is 0 Å². The molecule has 0 aromatic carbocycles. The molecule has 0 heterocycles. The number of nitrogens with zero attached hydrogens (tertiary/aromatic N) is 1. The lowest BCUT2D eigenvalue weighted by Gasteiger charge is -2.18. The number of hydrazone groups is 1. The highest BCUT2D eigenvalue weighted by Gasteiger charge is 2.13. The zero-order valence-electron chi connectivity index (χ0n) is 7.76. The molecule has 12 heavy (non-hydrogen) atoms. The quantitative estimate of drug-likeness (QED) is 0.595. The second-order valence-electron chi connectivity index (χ2n) is 3.55. The second-order valence-corrected chi connectivity index (χ2v) is 3.55. The molecule has 0 aliphatic heterocycles. The molecule has 0 bridgehead atoms. The predicted molar refractivity (Wildman–Crippen MR) is 48.9 cm³/mol. The van der Waals surface area contributed by atoms with Crippen molar-refractivity contribution in [1.82, 2.24) is 5.43 Å². The molecule has 1 aliphatic rings. The first-order valence-corrected chi connectivity index (χ1v) is 4.50. The van der Waals surface area contributed by atoms with E-state index in [4.69, 9.17) is 0 Å². The first kappa shape index (κ1) is 9.23. The van der Waals surface area contributed by atoms with Crippen molar-refractivity contribution in [3.8, 4) is 0 Å². The Labute approximate surface area is 73.2 Å². The van der Waals surface area contributed by atoms with Crippen molar-refractivity contribution in [3.05, 3.63) is 0 Å². The Morgan fingerprint density at radius 2 is 2.42 bits per heavy atom. The van der Waals surface area contributed by atoms with E-state index in [9.17, 15) is 4.79 Å². The average Bonchev–Trinajstić information content (AvgIpc) is 2.01. The van der Waals surface area contributed by atoms with Crippen molar-refractivity contribution in [2.45, 2.75) is 39.5 Å². The summed E-state index contributed by atoms with van der Waals surface area (Å²) in [6, 6.07) is 0. The van der Waals surface area contributed by atoms with Gasteiger partial charge in [-0.15, -0.1) is 0 Å². The summed E-state index contributed by atoms with van der Waals surface area (Å²) in [5.74, 6) is 0.645. The summed E-state index contributed by atoms with van der Waals surface area (Å²) >= 11 is 0. The summed E-state index contributed by atoms with van der Waals surface area (Å²) in [6.45, 7) is 3.71. The van der Waals surface area contributed by atoms with Crippen molar-refractivity contribution in [2.75, 3.05) is 0 Å². The molecule has 3 heteroatoms. The molecule has 68 valence electrons. The van der Waals surface area contributed by atoms with E-state index in [0.29, 0.717) is 0 Å². The molecule has 0 saturated heterocycles. The van der Waals surface area contributed by atoms with Gasteiger partial charge in [0.15, 0.2) is 0 Å². The number of hydrogen-bond donors (Lipinski definition) is 1. The third-order valence-corrected chi connectivity index (χ3v) is 2.12. The van der Waals surface area contributed by atoms with E-state index >= 15 is 0 Å². The fourth-order valence-corrected chi connectivity index (χ4v) is 1.52. The molecule has 3 nitrogen and oxygen atoms in total. The van der Waals surface area contributed by atoms with Gasteiger partial charge in [0.05, 0.1) is 0 Å². The van der Waals surface area contributed by atoms with Crippen LogP contribution in [0.5, 0.6) is 0 Å². The minimum Gasteiger partial charge on any atom is -0.274 e. The van der Waals surface area contributed by atoms with Gasteiger partial charge in [-0.05, 0) is 31.6 Å². The Morgan fingerprint density at radius 3 is 3.00 bits per heavy atom. The Balaban J connectivity index is 2.39. The van der Waals surface area contributed by atoms with Gasteiger partial charge in [-0.2, -0.15) is 5.10 Å². The monoisotopic (exact) mass is 168 g/mol. The number of nitrogens with one attached hydrogen (secondary N) is 1. The molecule has 0 spiro atoms. The maximum atomic E-state index is 10.5. The third kappa shape index (κ3) is 3.03. The summed E-state index contributed by atoms with van der Waals surface area (Å²) in [5.41, 5.74) is 3.63. The highest BCUT2D eigenvalue weighted by molar-refractivity contribution is 5.86. The molecular weight excluding hydrogens is 152 g/mol. The standard InChI is InChI=1S/C9H16N2O/c1-7-4-3-5-9(6-7)11-10-8(2)12/h7H,3-6H2,1-2H3,(H,10,12)/b11-9+. The Morgan fingerprint density at radius 1 is 1.67 bits per heavy atom. The fourth-order valence-electron chi connectivity index (χ4n) is 1.52. The van der Waals surface area contributed by atoms with Gasteiger partial charge in [-0.25, -0.2) is 5.43 Å². The van der Waals surface area contributed by atoms with E-state index in [1.54, 1.807) is 0 Å². The average molecular weight is 168 g/mol. The van der Waals surface area contributed by atoms with Crippen LogP contribution in [-0.2, 0) is 4.79 Å². The van der Waals surface area contributed by atoms with Gasteiger partial charge in [0.25, 0.3) is 0 Å². The number of amides is 1. The molecule has 1 rings (SSSR count). The summed E-state index contributed by atoms with van der Waals surface area (Å²) in [5, 5.41) is 4.05. The number of hydrogen-bond acceptors (Lipinski definition) is 2. The summed E-state index contributed by atoms with van der Waals surface area (Å²) < 4.78 is 0. The van der Waals surface area contributed by atoms with Crippen LogP contribution in [0.3, 0.4) is 0 Å². The van der Waals surface area contributed by atoms with E-state index in [-0.39, 0.29) is 5.91 Å². The van der Waals surface area contributed by atoms with Crippen molar-refractivity contribution in [3.63, 3.8) is 0 Å². The Bertz CT molecular complexity index is 199. The number of carbonyl (C=O) groups excluding carboxylic acids is 1. The largest absolute Gasteiger partial charge is 0.274 e. The van der Waals surface area contributed by atoms with Gasteiger partial charge in [-0.3, -0.25) is 4.79 Å². The van der Waals surface area contributed by atoms with Crippen LogP contribution in [0.4, 0.5) is 0 Å². The smallest absolute Gasteiger partial charge is 0.236 e. The molecule has 0 aromatic rings. The molecule has 0 aromatic heterocycles. The predicted octanol–water partition coefficient (Wildman–Crippen LogP) is 1.69. The molecular formula is C9H16N2O. The minimum absolute atomic E-state index is 0.0827. The first-order valence-electron chi connectivity index (χ1n) is 4.50. The summed E-state index contributed by atoms with van der Waals surface area (Å²) in [4.78, 5) is 10.5. The van der Waals surface area contributed by atoms with Crippen molar-refractivity contribution < 1.29 is 4.79 Å². The molecule has 1 amide bonds. The van der Waals surface area contributed by atoms with Crippen molar-refractivity contribution in [2.24, 2.45) is 11.0 Å². The lowest BCUT2D eigenvalue weighted by atomic mass is 9.89. The maximum Gasteiger partial charge on any atom is 0.236 e. The van der Waals surface area contributed by atoms with E-state index < -0.39 is 0 Å². The Hall–Kier alpha value is -0.860. The highest BCUT2D eigenvalue weighted by atomic mass is 16.2. The topological polar surface area (TPSA) is 41.5 Å². The molecule has 1 aliphatic carbocycles. The van der Waals surface area contributed by atoms with Gasteiger partial charge >= 0.3 is 0 Å². The lowest BCUT2D eigenvalue weighted by molar-refractivity contribution is -0.118. The van der Waals surface area contributed by atoms with Gasteiger partial charge in [0, 0.05) is 12.6 Å². The highest BCUT2D eigenvalue weighted by Crippen LogP contribution is 2.20. The fraction of sp³-hybridized carbons (Fsp3) is 0.778.